The third-order valence-electron chi connectivity index (χ3n) is 6.31. The zero-order valence-corrected chi connectivity index (χ0v) is 19.9. The van der Waals surface area contributed by atoms with Crippen LogP contribution in [0.4, 0.5) is 27.5 Å². The molecule has 0 bridgehead atoms. The number of aromatic nitrogens is 3. The second-order valence-corrected chi connectivity index (χ2v) is 9.02. The molecule has 0 saturated carbocycles. The summed E-state index contributed by atoms with van der Waals surface area (Å²) in [7, 11) is 0. The quantitative estimate of drug-likeness (QED) is 0.442. The summed E-state index contributed by atoms with van der Waals surface area (Å²) in [4.78, 5) is 28.1. The Morgan fingerprint density at radius 3 is 2.89 bits per heavy atom. The Labute approximate surface area is 207 Å². The largest absolute Gasteiger partial charge is 0.378 e. The van der Waals surface area contributed by atoms with E-state index in [0.717, 1.165) is 31.6 Å². The minimum absolute atomic E-state index is 0.0193. The Kier molecular flexibility index (Phi) is 6.74. The van der Waals surface area contributed by atoms with Gasteiger partial charge in [-0.3, -0.25) is 4.79 Å². The molecule has 3 N–H and O–H groups in total. The van der Waals surface area contributed by atoms with E-state index in [1.807, 2.05) is 6.07 Å². The molecular weight excluding hydrogens is 473 g/mol. The average molecular weight is 500 g/mol. The number of likely N-dealkylation sites (tertiary alicyclic amines) is 1. The van der Waals surface area contributed by atoms with Crippen molar-refractivity contribution in [2.75, 3.05) is 54.9 Å². The Morgan fingerprint density at radius 1 is 1.29 bits per heavy atom. The number of H-pyrrole nitrogens is 1. The van der Waals surface area contributed by atoms with Crippen LogP contribution >= 0.6 is 11.6 Å². The molecule has 1 aromatic carbocycles. The Bertz CT molecular complexity index is 1240. The van der Waals surface area contributed by atoms with Gasteiger partial charge in [0.05, 0.1) is 29.3 Å². The predicted molar refractivity (Wildman–Crippen MR) is 135 cm³/mol. The first-order valence-electron chi connectivity index (χ1n) is 11.6. The second kappa shape index (κ2) is 10.1. The smallest absolute Gasteiger partial charge is 0.246 e. The maximum absolute atomic E-state index is 15.0. The maximum Gasteiger partial charge on any atom is 0.246 e. The summed E-state index contributed by atoms with van der Waals surface area (Å²) in [5.74, 6) is 0.253. The van der Waals surface area contributed by atoms with E-state index in [4.69, 9.17) is 16.3 Å². The Hall–Kier alpha value is -3.37. The molecule has 2 saturated heterocycles. The molecule has 9 nitrogen and oxygen atoms in total. The lowest BCUT2D eigenvalue weighted by molar-refractivity contribution is -0.127. The molecule has 1 unspecified atom stereocenters. The number of nitrogens with zero attached hydrogens (tertiary/aromatic N) is 4. The number of carbonyl (C=O) groups excluding carboxylic acids is 1. The molecule has 35 heavy (non-hydrogen) atoms. The van der Waals surface area contributed by atoms with Crippen LogP contribution in [-0.2, 0) is 9.53 Å². The normalized spacial score (nSPS) is 18.5. The lowest BCUT2D eigenvalue weighted by Crippen LogP contribution is -2.44. The van der Waals surface area contributed by atoms with E-state index in [9.17, 15) is 9.18 Å². The van der Waals surface area contributed by atoms with E-state index in [2.05, 4.69) is 37.1 Å². The van der Waals surface area contributed by atoms with Crippen molar-refractivity contribution in [3.05, 3.63) is 47.9 Å². The number of benzene rings is 1. The van der Waals surface area contributed by atoms with Gasteiger partial charge in [0.2, 0.25) is 11.9 Å². The number of hydrogen-bond donors (Lipinski definition) is 3. The van der Waals surface area contributed by atoms with Gasteiger partial charge >= 0.3 is 0 Å². The molecule has 11 heteroatoms. The molecule has 4 heterocycles. The lowest BCUT2D eigenvalue weighted by atomic mass is 10.1. The zero-order chi connectivity index (χ0) is 24.4. The van der Waals surface area contributed by atoms with Gasteiger partial charge in [0.15, 0.2) is 0 Å². The van der Waals surface area contributed by atoms with Crippen LogP contribution in [0, 0.1) is 5.82 Å². The standard InChI is InChI=1S/C24H27ClFN7O2/c1-2-20(34)33-7-3-4-15(14-33)28-23-21-17(25)13-27-22(21)30-24(31-23)29-19-6-5-16(12-18(19)26)32-8-10-35-11-9-32/h2,5-6,12-13,15H,1,3-4,7-11,14H2,(H3,27,28,29,30,31). The van der Waals surface area contributed by atoms with E-state index in [1.165, 1.54) is 12.1 Å². The van der Waals surface area contributed by atoms with Crippen molar-refractivity contribution in [3.63, 3.8) is 0 Å². The molecule has 2 aliphatic heterocycles. The van der Waals surface area contributed by atoms with Crippen LogP contribution < -0.4 is 15.5 Å². The monoisotopic (exact) mass is 499 g/mol. The number of morpholine rings is 1. The van der Waals surface area contributed by atoms with E-state index >= 15 is 0 Å². The molecule has 1 atom stereocenters. The van der Waals surface area contributed by atoms with Crippen molar-refractivity contribution in [2.45, 2.75) is 18.9 Å². The molecule has 2 aliphatic rings. The number of carbonyl (C=O) groups is 1. The topological polar surface area (TPSA) is 98.4 Å². The van der Waals surface area contributed by atoms with E-state index in [0.29, 0.717) is 48.2 Å². The van der Waals surface area contributed by atoms with Crippen molar-refractivity contribution >= 4 is 51.7 Å². The van der Waals surface area contributed by atoms with Crippen molar-refractivity contribution in [3.8, 4) is 0 Å². The fourth-order valence-electron chi connectivity index (χ4n) is 4.52. The highest BCUT2D eigenvalue weighted by atomic mass is 35.5. The van der Waals surface area contributed by atoms with Crippen LogP contribution in [-0.4, -0.2) is 71.2 Å². The predicted octanol–water partition coefficient (Wildman–Crippen LogP) is 3.92. The number of halogens is 2. The van der Waals surface area contributed by atoms with Gasteiger partial charge in [-0.25, -0.2) is 4.39 Å². The summed E-state index contributed by atoms with van der Waals surface area (Å²) in [6.07, 6.45) is 4.70. The fraction of sp³-hybridized carbons (Fsp3) is 0.375. The first-order valence-corrected chi connectivity index (χ1v) is 12.0. The van der Waals surface area contributed by atoms with E-state index in [1.54, 1.807) is 17.2 Å². The fourth-order valence-corrected chi connectivity index (χ4v) is 4.75. The molecule has 0 spiro atoms. The van der Waals surface area contributed by atoms with Gasteiger partial charge in [-0.15, -0.1) is 0 Å². The minimum Gasteiger partial charge on any atom is -0.378 e. The average Bonchev–Trinajstić information content (AvgIpc) is 3.26. The SMILES string of the molecule is C=CC(=O)N1CCCC(Nc2nc(Nc3ccc(N4CCOCC4)cc3F)nc3[nH]cc(Cl)c23)C1. The highest BCUT2D eigenvalue weighted by Crippen LogP contribution is 2.32. The summed E-state index contributed by atoms with van der Waals surface area (Å²) in [5.41, 5.74) is 1.60. The van der Waals surface area contributed by atoms with Gasteiger partial charge < -0.3 is 30.2 Å². The third kappa shape index (κ3) is 5.03. The number of aromatic amines is 1. The summed E-state index contributed by atoms with van der Waals surface area (Å²) in [6.45, 7) is 7.51. The van der Waals surface area contributed by atoms with E-state index in [-0.39, 0.29) is 23.6 Å². The molecule has 3 aromatic rings. The first kappa shape index (κ1) is 23.4. The van der Waals surface area contributed by atoms with Gasteiger partial charge in [0.1, 0.15) is 17.3 Å². The van der Waals surface area contributed by atoms with Crippen LogP contribution in [0.2, 0.25) is 5.02 Å². The highest BCUT2D eigenvalue weighted by molar-refractivity contribution is 6.36. The molecule has 2 aromatic heterocycles. The molecule has 5 rings (SSSR count). The van der Waals surface area contributed by atoms with Crippen LogP contribution in [0.3, 0.4) is 0 Å². The first-order chi connectivity index (χ1) is 17.0. The van der Waals surface area contributed by atoms with Gasteiger partial charge in [-0.05, 0) is 37.1 Å². The molecule has 184 valence electrons. The van der Waals surface area contributed by atoms with Gasteiger partial charge in [-0.2, -0.15) is 9.97 Å². The second-order valence-electron chi connectivity index (χ2n) is 8.62. The number of hydrogen-bond acceptors (Lipinski definition) is 7. The van der Waals surface area contributed by atoms with E-state index < -0.39 is 5.82 Å². The van der Waals surface area contributed by atoms with Crippen LogP contribution in [0.5, 0.6) is 0 Å². The zero-order valence-electron chi connectivity index (χ0n) is 19.2. The van der Waals surface area contributed by atoms with Crippen LogP contribution in [0.25, 0.3) is 11.0 Å². The Balaban J connectivity index is 1.39. The number of anilines is 4. The number of amides is 1. The number of piperidine rings is 1. The minimum atomic E-state index is -0.400. The molecule has 1 amide bonds. The highest BCUT2D eigenvalue weighted by Gasteiger charge is 2.24. The molecule has 0 aliphatic carbocycles. The van der Waals surface area contributed by atoms with Crippen LogP contribution in [0.1, 0.15) is 12.8 Å². The lowest BCUT2D eigenvalue weighted by Gasteiger charge is -2.33. The van der Waals surface area contributed by atoms with Crippen molar-refractivity contribution in [1.29, 1.82) is 0 Å². The summed E-state index contributed by atoms with van der Waals surface area (Å²) < 4.78 is 20.3. The maximum atomic E-state index is 15.0. The third-order valence-corrected chi connectivity index (χ3v) is 6.61. The molecule has 2 fully saturated rings. The number of rotatable bonds is 6. The number of fused-ring (bicyclic) bond motifs is 1. The number of ether oxygens (including phenoxy) is 1. The summed E-state index contributed by atoms with van der Waals surface area (Å²) in [5, 5.41) is 7.54. The van der Waals surface area contributed by atoms with Crippen molar-refractivity contribution in [2.24, 2.45) is 0 Å². The number of nitrogens with one attached hydrogen (secondary N) is 3. The van der Waals surface area contributed by atoms with Gasteiger partial charge in [0.25, 0.3) is 0 Å². The Morgan fingerprint density at radius 2 is 2.11 bits per heavy atom. The van der Waals surface area contributed by atoms with Crippen molar-refractivity contribution < 1.29 is 13.9 Å². The van der Waals surface area contributed by atoms with Crippen LogP contribution in [0.15, 0.2) is 37.1 Å². The van der Waals surface area contributed by atoms with Crippen molar-refractivity contribution in [1.82, 2.24) is 19.9 Å². The summed E-state index contributed by atoms with van der Waals surface area (Å²) in [6, 6.07) is 5.04. The molecule has 0 radical (unpaired) electrons. The summed E-state index contributed by atoms with van der Waals surface area (Å²) >= 11 is 6.40. The molecular formula is C24H27ClFN7O2. The van der Waals surface area contributed by atoms with Gasteiger partial charge in [0, 0.05) is 44.1 Å². The van der Waals surface area contributed by atoms with Gasteiger partial charge in [-0.1, -0.05) is 18.2 Å².